The minimum absolute atomic E-state index is 0.0610. The van der Waals surface area contributed by atoms with E-state index in [9.17, 15) is 10.1 Å². The van der Waals surface area contributed by atoms with Crippen LogP contribution in [-0.4, -0.2) is 21.9 Å². The third-order valence-electron chi connectivity index (χ3n) is 2.08. The van der Waals surface area contributed by atoms with Crippen molar-refractivity contribution in [3.63, 3.8) is 0 Å². The highest BCUT2D eigenvalue weighted by molar-refractivity contribution is 7.99. The summed E-state index contributed by atoms with van der Waals surface area (Å²) in [5.41, 5.74) is 0.763. The fourth-order valence-electron chi connectivity index (χ4n) is 1.31. The van der Waals surface area contributed by atoms with Crippen molar-refractivity contribution in [2.45, 2.75) is 10.1 Å². The van der Waals surface area contributed by atoms with Crippen LogP contribution in [-0.2, 0) is 0 Å². The summed E-state index contributed by atoms with van der Waals surface area (Å²) in [6.07, 6.45) is 3.34. The van der Waals surface area contributed by atoms with Crippen LogP contribution >= 0.6 is 11.8 Å². The van der Waals surface area contributed by atoms with Gasteiger partial charge in [-0.3, -0.25) is 10.1 Å². The molecule has 88 valence electrons. The summed E-state index contributed by atoms with van der Waals surface area (Å²) in [6, 6.07) is 4.85. The number of aromatic nitrogens is 2. The summed E-state index contributed by atoms with van der Waals surface area (Å²) in [7, 11) is 1.72. The minimum atomic E-state index is -0.410. The lowest BCUT2D eigenvalue weighted by molar-refractivity contribution is -0.385. The van der Waals surface area contributed by atoms with Crippen molar-refractivity contribution in [2.75, 3.05) is 12.4 Å². The Morgan fingerprint density at radius 2 is 2.29 bits per heavy atom. The summed E-state index contributed by atoms with van der Waals surface area (Å²) in [5.74, 6) is 0. The number of nitrogens with one attached hydrogen (secondary N) is 2. The van der Waals surface area contributed by atoms with Gasteiger partial charge in [0.1, 0.15) is 0 Å². The van der Waals surface area contributed by atoms with E-state index >= 15 is 0 Å². The zero-order chi connectivity index (χ0) is 12.3. The van der Waals surface area contributed by atoms with Crippen LogP contribution in [0.15, 0.2) is 40.6 Å². The molecule has 0 radical (unpaired) electrons. The lowest BCUT2D eigenvalue weighted by Gasteiger charge is -2.03. The number of nitro benzene ring substituents is 1. The summed E-state index contributed by atoms with van der Waals surface area (Å²) in [5, 5.41) is 14.4. The van der Waals surface area contributed by atoms with Gasteiger partial charge in [-0.2, -0.15) is 0 Å². The van der Waals surface area contributed by atoms with E-state index in [0.29, 0.717) is 10.8 Å². The second-order valence-electron chi connectivity index (χ2n) is 3.22. The molecule has 0 amide bonds. The number of imidazole rings is 1. The molecule has 2 aromatic rings. The van der Waals surface area contributed by atoms with Crippen molar-refractivity contribution in [3.05, 3.63) is 40.7 Å². The number of nitro groups is 1. The fraction of sp³-hybridized carbons (Fsp3) is 0.100. The molecule has 7 heteroatoms. The maximum atomic E-state index is 10.8. The lowest BCUT2D eigenvalue weighted by Crippen LogP contribution is -1.93. The summed E-state index contributed by atoms with van der Waals surface area (Å²) < 4.78 is 0. The molecule has 0 fully saturated rings. The highest BCUT2D eigenvalue weighted by Gasteiger charge is 2.10. The quantitative estimate of drug-likeness (QED) is 0.643. The van der Waals surface area contributed by atoms with Gasteiger partial charge in [0.15, 0.2) is 5.16 Å². The molecule has 0 spiro atoms. The van der Waals surface area contributed by atoms with Gasteiger partial charge in [0.05, 0.1) is 4.92 Å². The first-order chi connectivity index (χ1) is 8.19. The van der Waals surface area contributed by atoms with Crippen molar-refractivity contribution in [1.29, 1.82) is 0 Å². The molecule has 0 saturated carbocycles. The van der Waals surface area contributed by atoms with Gasteiger partial charge in [0.25, 0.3) is 5.69 Å². The number of hydrogen-bond acceptors (Lipinski definition) is 5. The van der Waals surface area contributed by atoms with Crippen molar-refractivity contribution >= 4 is 23.1 Å². The van der Waals surface area contributed by atoms with Crippen LogP contribution in [0.25, 0.3) is 0 Å². The Morgan fingerprint density at radius 3 is 2.88 bits per heavy atom. The molecule has 6 nitrogen and oxygen atoms in total. The molecule has 1 aromatic carbocycles. The molecule has 0 aliphatic carbocycles. The normalized spacial score (nSPS) is 10.2. The Morgan fingerprint density at radius 1 is 1.47 bits per heavy atom. The van der Waals surface area contributed by atoms with Gasteiger partial charge in [0, 0.05) is 42.2 Å². The molecule has 2 rings (SSSR count). The van der Waals surface area contributed by atoms with Crippen LogP contribution in [0, 0.1) is 10.1 Å². The van der Waals surface area contributed by atoms with E-state index in [-0.39, 0.29) is 5.69 Å². The zero-order valence-electron chi connectivity index (χ0n) is 9.01. The third kappa shape index (κ3) is 2.76. The molecule has 0 saturated heterocycles. The van der Waals surface area contributed by atoms with Gasteiger partial charge in [0.2, 0.25) is 0 Å². The zero-order valence-corrected chi connectivity index (χ0v) is 9.82. The second kappa shape index (κ2) is 4.88. The highest BCUT2D eigenvalue weighted by Crippen LogP contribution is 2.30. The Labute approximate surface area is 102 Å². The Hall–Kier alpha value is -2.02. The van der Waals surface area contributed by atoms with Crippen LogP contribution in [0.1, 0.15) is 0 Å². The monoisotopic (exact) mass is 250 g/mol. The van der Waals surface area contributed by atoms with E-state index < -0.39 is 4.92 Å². The number of aromatic amines is 1. The van der Waals surface area contributed by atoms with Crippen molar-refractivity contribution < 1.29 is 4.92 Å². The van der Waals surface area contributed by atoms with Crippen LogP contribution < -0.4 is 5.32 Å². The first-order valence-corrected chi connectivity index (χ1v) is 5.65. The average molecular weight is 250 g/mol. The van der Waals surface area contributed by atoms with Crippen molar-refractivity contribution in [1.82, 2.24) is 9.97 Å². The van der Waals surface area contributed by atoms with E-state index in [2.05, 4.69) is 15.3 Å². The number of hydrogen-bond donors (Lipinski definition) is 2. The van der Waals surface area contributed by atoms with Crippen LogP contribution in [0.5, 0.6) is 0 Å². The van der Waals surface area contributed by atoms with E-state index in [1.165, 1.54) is 23.9 Å². The molecule has 0 atom stereocenters. The van der Waals surface area contributed by atoms with Gasteiger partial charge in [-0.05, 0) is 6.07 Å². The second-order valence-corrected chi connectivity index (χ2v) is 4.28. The SMILES string of the molecule is CNc1cc(Sc2ncc[nH]2)cc([N+](=O)[O-])c1. The molecule has 0 unspecified atom stereocenters. The molecule has 17 heavy (non-hydrogen) atoms. The van der Waals surface area contributed by atoms with Crippen LogP contribution in [0.3, 0.4) is 0 Å². The van der Waals surface area contributed by atoms with Gasteiger partial charge < -0.3 is 10.3 Å². The average Bonchev–Trinajstić information content (AvgIpc) is 2.81. The topological polar surface area (TPSA) is 83.8 Å². The summed E-state index contributed by atoms with van der Waals surface area (Å²) >= 11 is 1.34. The number of rotatable bonds is 4. The fourth-order valence-corrected chi connectivity index (χ4v) is 2.14. The number of nitrogens with zero attached hydrogens (tertiary/aromatic N) is 2. The largest absolute Gasteiger partial charge is 0.388 e. The summed E-state index contributed by atoms with van der Waals surface area (Å²) in [4.78, 5) is 18.1. The van der Waals surface area contributed by atoms with Crippen molar-refractivity contribution in [3.8, 4) is 0 Å². The number of non-ortho nitro benzene ring substituents is 1. The standard InChI is InChI=1S/C10H10N4O2S/c1-11-7-4-8(14(15)16)6-9(5-7)17-10-12-2-3-13-10/h2-6,11H,1H3,(H,12,13). The molecule has 0 bridgehead atoms. The lowest BCUT2D eigenvalue weighted by atomic mass is 10.3. The van der Waals surface area contributed by atoms with Gasteiger partial charge in [-0.25, -0.2) is 4.98 Å². The van der Waals surface area contributed by atoms with Gasteiger partial charge in [-0.1, -0.05) is 11.8 Å². The molecule has 0 aliphatic rings. The number of benzene rings is 1. The maximum absolute atomic E-state index is 10.8. The Balaban J connectivity index is 2.33. The number of H-pyrrole nitrogens is 1. The molecule has 1 heterocycles. The molecular formula is C10H10N4O2S. The minimum Gasteiger partial charge on any atom is -0.388 e. The molecule has 1 aromatic heterocycles. The van der Waals surface area contributed by atoms with Gasteiger partial charge in [-0.15, -0.1) is 0 Å². The molecule has 0 aliphatic heterocycles. The first kappa shape index (κ1) is 11.5. The predicted octanol–water partition coefficient (Wildman–Crippen LogP) is 2.51. The highest BCUT2D eigenvalue weighted by atomic mass is 32.2. The predicted molar refractivity (Wildman–Crippen MR) is 65.4 cm³/mol. The van der Waals surface area contributed by atoms with E-state index in [0.717, 1.165) is 4.90 Å². The van der Waals surface area contributed by atoms with Crippen molar-refractivity contribution in [2.24, 2.45) is 0 Å². The van der Waals surface area contributed by atoms with E-state index in [1.807, 2.05) is 6.07 Å². The van der Waals surface area contributed by atoms with E-state index in [4.69, 9.17) is 0 Å². The molecule has 2 N–H and O–H groups in total. The number of anilines is 1. The van der Waals surface area contributed by atoms with E-state index in [1.54, 1.807) is 19.4 Å². The van der Waals surface area contributed by atoms with Crippen LogP contribution in [0.2, 0.25) is 0 Å². The maximum Gasteiger partial charge on any atom is 0.272 e. The summed E-state index contributed by atoms with van der Waals surface area (Å²) in [6.45, 7) is 0. The smallest absolute Gasteiger partial charge is 0.272 e. The van der Waals surface area contributed by atoms with Gasteiger partial charge >= 0.3 is 0 Å². The Kier molecular flexibility index (Phi) is 3.29. The first-order valence-electron chi connectivity index (χ1n) is 4.83. The van der Waals surface area contributed by atoms with Crippen LogP contribution in [0.4, 0.5) is 11.4 Å². The third-order valence-corrected chi connectivity index (χ3v) is 2.97. The molecular weight excluding hydrogens is 240 g/mol. The Bertz CT molecular complexity index is 527.